The van der Waals surface area contributed by atoms with E-state index < -0.39 is 11.6 Å². The van der Waals surface area contributed by atoms with Gasteiger partial charge in [0.1, 0.15) is 16.2 Å². The first-order valence-electron chi connectivity index (χ1n) is 5.95. The second-order valence-electron chi connectivity index (χ2n) is 5.33. The van der Waals surface area contributed by atoms with E-state index in [4.69, 9.17) is 14.9 Å². The van der Waals surface area contributed by atoms with Crippen LogP contribution in [-0.4, -0.2) is 11.6 Å². The summed E-state index contributed by atoms with van der Waals surface area (Å²) in [5, 5.41) is 0. The van der Waals surface area contributed by atoms with E-state index in [2.05, 4.69) is 0 Å². The van der Waals surface area contributed by atoms with E-state index in [-0.39, 0.29) is 0 Å². The molecule has 0 amide bonds. The number of nitrogen functional groups attached to an aromatic ring is 1. The predicted octanol–water partition coefficient (Wildman–Crippen LogP) is 3.85. The number of anilines is 1. The van der Waals surface area contributed by atoms with E-state index in [1.54, 1.807) is 12.3 Å². The van der Waals surface area contributed by atoms with E-state index in [9.17, 15) is 4.79 Å². The molecule has 0 saturated heterocycles. The molecule has 0 spiro atoms. The van der Waals surface area contributed by atoms with Crippen LogP contribution in [0.25, 0.3) is 10.6 Å². The summed E-state index contributed by atoms with van der Waals surface area (Å²) < 4.78 is 10.7. The molecule has 2 rings (SSSR count). The van der Waals surface area contributed by atoms with Crippen molar-refractivity contribution in [3.63, 3.8) is 0 Å². The molecule has 19 heavy (non-hydrogen) atoms. The van der Waals surface area contributed by atoms with E-state index in [1.165, 1.54) is 11.3 Å². The predicted molar refractivity (Wildman–Crippen MR) is 76.3 cm³/mol. The molecule has 0 saturated carbocycles. The van der Waals surface area contributed by atoms with E-state index in [0.717, 1.165) is 16.2 Å². The van der Waals surface area contributed by atoms with Gasteiger partial charge in [-0.2, -0.15) is 0 Å². The molecule has 2 aromatic heterocycles. The highest BCUT2D eigenvalue weighted by Gasteiger charge is 2.23. The number of esters is 1. The Morgan fingerprint density at radius 1 is 1.42 bits per heavy atom. The van der Waals surface area contributed by atoms with Crippen molar-refractivity contribution in [2.24, 2.45) is 0 Å². The fraction of sp³-hybridized carbons (Fsp3) is 0.357. The van der Waals surface area contributed by atoms with Crippen LogP contribution in [0.1, 0.15) is 36.0 Å². The first-order valence-corrected chi connectivity index (χ1v) is 6.76. The Hall–Kier alpha value is -1.75. The van der Waals surface area contributed by atoms with Crippen LogP contribution in [0.5, 0.6) is 0 Å². The van der Waals surface area contributed by atoms with Crippen molar-refractivity contribution >= 4 is 23.0 Å². The molecular weight excluding hydrogens is 262 g/mol. The van der Waals surface area contributed by atoms with Gasteiger partial charge in [0.05, 0.1) is 16.8 Å². The van der Waals surface area contributed by atoms with Gasteiger partial charge in [0.2, 0.25) is 0 Å². The van der Waals surface area contributed by atoms with Crippen LogP contribution >= 0.6 is 11.3 Å². The average molecular weight is 279 g/mol. The normalized spacial score (nSPS) is 11.6. The highest BCUT2D eigenvalue weighted by Crippen LogP contribution is 2.36. The number of carbonyl (C=O) groups is 1. The van der Waals surface area contributed by atoms with Crippen LogP contribution < -0.4 is 5.73 Å². The van der Waals surface area contributed by atoms with Gasteiger partial charge in [-0.15, -0.1) is 11.3 Å². The summed E-state index contributed by atoms with van der Waals surface area (Å²) in [6.07, 6.45) is 1.62. The number of rotatable bonds is 2. The summed E-state index contributed by atoms with van der Waals surface area (Å²) in [4.78, 5) is 13.3. The molecule has 2 heterocycles. The van der Waals surface area contributed by atoms with E-state index in [1.807, 2.05) is 33.8 Å². The highest BCUT2D eigenvalue weighted by atomic mass is 32.1. The third-order valence-corrected chi connectivity index (χ3v) is 3.56. The van der Waals surface area contributed by atoms with Crippen molar-refractivity contribution in [3.8, 4) is 10.6 Å². The Labute approximate surface area is 116 Å². The quantitative estimate of drug-likeness (QED) is 0.848. The molecule has 0 unspecified atom stereocenters. The van der Waals surface area contributed by atoms with Gasteiger partial charge in [-0.1, -0.05) is 0 Å². The van der Waals surface area contributed by atoms with Gasteiger partial charge in [0, 0.05) is 0 Å². The summed E-state index contributed by atoms with van der Waals surface area (Å²) >= 11 is 1.29. The van der Waals surface area contributed by atoms with Gasteiger partial charge < -0.3 is 14.9 Å². The number of aryl methyl sites for hydroxylation is 1. The zero-order valence-electron chi connectivity index (χ0n) is 11.4. The lowest BCUT2D eigenvalue weighted by Gasteiger charge is -2.18. The Bertz CT molecular complexity index is 604. The third-order valence-electron chi connectivity index (χ3n) is 2.43. The minimum atomic E-state index is -0.533. The fourth-order valence-corrected chi connectivity index (χ4v) is 2.64. The van der Waals surface area contributed by atoms with Crippen molar-refractivity contribution < 1.29 is 13.9 Å². The lowest BCUT2D eigenvalue weighted by atomic mass is 10.2. The number of nitrogens with two attached hydrogens (primary N) is 1. The monoisotopic (exact) mass is 279 g/mol. The summed E-state index contributed by atoms with van der Waals surface area (Å²) in [7, 11) is 0. The van der Waals surface area contributed by atoms with Gasteiger partial charge in [-0.05, 0) is 45.4 Å². The van der Waals surface area contributed by atoms with Crippen molar-refractivity contribution in [2.75, 3.05) is 5.73 Å². The number of carbonyl (C=O) groups excluding carboxylic acids is 1. The lowest BCUT2D eigenvalue weighted by molar-refractivity contribution is 0.00764. The van der Waals surface area contributed by atoms with Gasteiger partial charge in [-0.3, -0.25) is 0 Å². The zero-order valence-corrected chi connectivity index (χ0v) is 12.3. The van der Waals surface area contributed by atoms with E-state index in [0.29, 0.717) is 10.6 Å². The number of ether oxygens (including phenoxy) is 1. The zero-order chi connectivity index (χ0) is 14.2. The molecule has 0 atom stereocenters. The molecule has 2 aromatic rings. The SMILES string of the molecule is Cc1ccoc1-c1cc(N)c(C(=O)OC(C)(C)C)s1. The van der Waals surface area contributed by atoms with Crippen LogP contribution in [0, 0.1) is 6.92 Å². The molecule has 0 bridgehead atoms. The second kappa shape index (κ2) is 4.74. The first kappa shape index (κ1) is 13.7. The second-order valence-corrected chi connectivity index (χ2v) is 6.38. The van der Waals surface area contributed by atoms with Crippen molar-refractivity contribution in [1.29, 1.82) is 0 Å². The molecule has 0 aliphatic heterocycles. The van der Waals surface area contributed by atoms with Crippen LogP contribution in [0.15, 0.2) is 22.8 Å². The van der Waals surface area contributed by atoms with Gasteiger partial charge >= 0.3 is 5.97 Å². The van der Waals surface area contributed by atoms with Crippen LogP contribution in [0.4, 0.5) is 5.69 Å². The summed E-state index contributed by atoms with van der Waals surface area (Å²) in [6, 6.07) is 3.62. The molecule has 0 radical (unpaired) electrons. The van der Waals surface area contributed by atoms with Crippen LogP contribution in [-0.2, 0) is 4.74 Å². The van der Waals surface area contributed by atoms with Crippen molar-refractivity contribution in [2.45, 2.75) is 33.3 Å². The number of hydrogen-bond donors (Lipinski definition) is 1. The maximum absolute atomic E-state index is 12.0. The largest absolute Gasteiger partial charge is 0.463 e. The standard InChI is InChI=1S/C14H17NO3S/c1-8-5-6-17-11(8)10-7-9(15)12(19-10)13(16)18-14(2,3)4/h5-7H,15H2,1-4H3. The Morgan fingerprint density at radius 2 is 2.11 bits per heavy atom. The van der Waals surface area contributed by atoms with Gasteiger partial charge in [-0.25, -0.2) is 4.79 Å². The van der Waals surface area contributed by atoms with Crippen LogP contribution in [0.2, 0.25) is 0 Å². The molecule has 0 aliphatic rings. The van der Waals surface area contributed by atoms with E-state index >= 15 is 0 Å². The molecule has 0 aliphatic carbocycles. The number of hydrogen-bond acceptors (Lipinski definition) is 5. The Morgan fingerprint density at radius 3 is 2.63 bits per heavy atom. The Kier molecular flexibility index (Phi) is 3.41. The fourth-order valence-electron chi connectivity index (χ4n) is 1.63. The smallest absolute Gasteiger partial charge is 0.350 e. The maximum atomic E-state index is 12.0. The lowest BCUT2D eigenvalue weighted by Crippen LogP contribution is -2.23. The van der Waals surface area contributed by atoms with Crippen molar-refractivity contribution in [1.82, 2.24) is 0 Å². The maximum Gasteiger partial charge on any atom is 0.350 e. The molecule has 4 nitrogen and oxygen atoms in total. The molecule has 2 N–H and O–H groups in total. The highest BCUT2D eigenvalue weighted by molar-refractivity contribution is 7.17. The molecule has 102 valence electrons. The molecule has 0 fully saturated rings. The summed E-state index contributed by atoms with van der Waals surface area (Å²) in [5.74, 6) is 0.344. The minimum Gasteiger partial charge on any atom is -0.463 e. The Balaban J connectivity index is 2.32. The number of furan rings is 1. The topological polar surface area (TPSA) is 65.5 Å². The molecule has 0 aromatic carbocycles. The molecule has 5 heteroatoms. The average Bonchev–Trinajstić information content (AvgIpc) is 2.81. The van der Waals surface area contributed by atoms with Gasteiger partial charge in [0.25, 0.3) is 0 Å². The summed E-state index contributed by atoms with van der Waals surface area (Å²) in [6.45, 7) is 7.42. The van der Waals surface area contributed by atoms with Gasteiger partial charge in [0.15, 0.2) is 0 Å². The first-order chi connectivity index (χ1) is 8.78. The minimum absolute atomic E-state index is 0.398. The number of thiophene rings is 1. The molecular formula is C14H17NO3S. The third kappa shape index (κ3) is 2.98. The van der Waals surface area contributed by atoms with Crippen molar-refractivity contribution in [3.05, 3.63) is 28.8 Å². The van der Waals surface area contributed by atoms with Crippen LogP contribution in [0.3, 0.4) is 0 Å². The summed E-state index contributed by atoms with van der Waals surface area (Å²) in [5.41, 5.74) is 6.78.